The Morgan fingerprint density at radius 2 is 1.86 bits per heavy atom. The maximum Gasteiger partial charge on any atom is 0.255 e. The van der Waals surface area contributed by atoms with Crippen molar-refractivity contribution < 1.29 is 13.9 Å². The van der Waals surface area contributed by atoms with Crippen LogP contribution in [0.4, 0.5) is 4.39 Å². The fraction of sp³-hybridized carbons (Fsp3) is 0.174. The molecule has 1 amide bonds. The average molecular weight is 393 g/mol. The zero-order valence-corrected chi connectivity index (χ0v) is 16.1. The van der Waals surface area contributed by atoms with Crippen LogP contribution in [0.15, 0.2) is 78.9 Å². The molecule has 0 bridgehead atoms. The van der Waals surface area contributed by atoms with Crippen LogP contribution < -0.4 is 4.74 Å². The molecular formula is C23H20FNO2S. The third kappa shape index (κ3) is 4.20. The van der Waals surface area contributed by atoms with Gasteiger partial charge in [0, 0.05) is 17.9 Å². The molecule has 0 aromatic heterocycles. The normalized spacial score (nSPS) is 16.2. The molecule has 28 heavy (non-hydrogen) atoms. The Morgan fingerprint density at radius 3 is 2.68 bits per heavy atom. The molecule has 142 valence electrons. The molecule has 5 heteroatoms. The Balaban J connectivity index is 1.50. The van der Waals surface area contributed by atoms with Crippen molar-refractivity contribution in [1.29, 1.82) is 0 Å². The Labute approximate surface area is 168 Å². The summed E-state index contributed by atoms with van der Waals surface area (Å²) in [5.41, 5.74) is 2.49. The van der Waals surface area contributed by atoms with Gasteiger partial charge < -0.3 is 9.64 Å². The van der Waals surface area contributed by atoms with Gasteiger partial charge in [0.05, 0.1) is 0 Å². The van der Waals surface area contributed by atoms with Crippen LogP contribution in [-0.2, 0) is 6.61 Å². The summed E-state index contributed by atoms with van der Waals surface area (Å²) in [5, 5.41) is -0.101. The number of halogens is 1. The van der Waals surface area contributed by atoms with Gasteiger partial charge in [-0.15, -0.1) is 11.8 Å². The lowest BCUT2D eigenvalue weighted by molar-refractivity contribution is 0.0759. The molecule has 1 saturated heterocycles. The number of carbonyl (C=O) groups excluding carboxylic acids is 1. The number of hydrogen-bond donors (Lipinski definition) is 0. The third-order valence-corrected chi connectivity index (χ3v) is 5.88. The van der Waals surface area contributed by atoms with Crippen LogP contribution in [0.1, 0.15) is 26.9 Å². The molecule has 0 saturated carbocycles. The van der Waals surface area contributed by atoms with Crippen molar-refractivity contribution in [2.45, 2.75) is 12.0 Å². The van der Waals surface area contributed by atoms with Crippen LogP contribution in [0, 0.1) is 5.82 Å². The minimum Gasteiger partial charge on any atom is -0.489 e. The molecule has 1 aliphatic heterocycles. The minimum absolute atomic E-state index is 0.101. The van der Waals surface area contributed by atoms with E-state index in [4.69, 9.17) is 4.74 Å². The van der Waals surface area contributed by atoms with E-state index in [0.29, 0.717) is 18.7 Å². The zero-order chi connectivity index (χ0) is 19.3. The van der Waals surface area contributed by atoms with E-state index in [-0.39, 0.29) is 11.3 Å². The summed E-state index contributed by atoms with van der Waals surface area (Å²) in [6.45, 7) is 1.13. The van der Waals surface area contributed by atoms with Gasteiger partial charge >= 0.3 is 0 Å². The highest BCUT2D eigenvalue weighted by Crippen LogP contribution is 2.39. The molecule has 0 aliphatic carbocycles. The number of benzene rings is 3. The topological polar surface area (TPSA) is 29.5 Å². The number of amides is 1. The van der Waals surface area contributed by atoms with Crippen molar-refractivity contribution in [1.82, 2.24) is 4.90 Å². The van der Waals surface area contributed by atoms with Gasteiger partial charge in [0.1, 0.15) is 23.5 Å². The molecule has 1 fully saturated rings. The SMILES string of the molecule is O=C(c1cccc(F)c1)N1CCSC1c1cccc(OCc2ccccc2)c1. The fourth-order valence-corrected chi connectivity index (χ4v) is 4.49. The maximum absolute atomic E-state index is 13.5. The van der Waals surface area contributed by atoms with E-state index in [0.717, 1.165) is 22.6 Å². The molecule has 1 heterocycles. The van der Waals surface area contributed by atoms with Gasteiger partial charge in [-0.2, -0.15) is 0 Å². The number of nitrogens with zero attached hydrogens (tertiary/aromatic N) is 1. The highest BCUT2D eigenvalue weighted by atomic mass is 32.2. The van der Waals surface area contributed by atoms with Crippen LogP contribution in [0.5, 0.6) is 5.75 Å². The van der Waals surface area contributed by atoms with Crippen molar-refractivity contribution in [2.24, 2.45) is 0 Å². The maximum atomic E-state index is 13.5. The van der Waals surface area contributed by atoms with Gasteiger partial charge in [0.2, 0.25) is 0 Å². The third-order valence-electron chi connectivity index (χ3n) is 4.61. The van der Waals surface area contributed by atoms with Crippen molar-refractivity contribution >= 4 is 17.7 Å². The van der Waals surface area contributed by atoms with Crippen LogP contribution in [0.2, 0.25) is 0 Å². The van der Waals surface area contributed by atoms with Crippen LogP contribution in [0.3, 0.4) is 0 Å². The fourth-order valence-electron chi connectivity index (χ4n) is 3.24. The van der Waals surface area contributed by atoms with E-state index in [9.17, 15) is 9.18 Å². The molecule has 1 aliphatic rings. The largest absolute Gasteiger partial charge is 0.489 e. The Hall–Kier alpha value is -2.79. The number of ether oxygens (including phenoxy) is 1. The molecule has 3 nitrogen and oxygen atoms in total. The lowest BCUT2D eigenvalue weighted by Crippen LogP contribution is -2.30. The molecule has 3 aromatic carbocycles. The van der Waals surface area contributed by atoms with Gasteiger partial charge in [-0.25, -0.2) is 4.39 Å². The number of rotatable bonds is 5. The molecular weight excluding hydrogens is 373 g/mol. The van der Waals surface area contributed by atoms with E-state index in [2.05, 4.69) is 0 Å². The zero-order valence-electron chi connectivity index (χ0n) is 15.3. The number of thioether (sulfide) groups is 1. The first-order valence-electron chi connectivity index (χ1n) is 9.15. The highest BCUT2D eigenvalue weighted by molar-refractivity contribution is 7.99. The lowest BCUT2D eigenvalue weighted by atomic mass is 10.1. The monoisotopic (exact) mass is 393 g/mol. The lowest BCUT2D eigenvalue weighted by Gasteiger charge is -2.24. The summed E-state index contributed by atoms with van der Waals surface area (Å²) in [6, 6.07) is 23.7. The van der Waals surface area contributed by atoms with Crippen molar-refractivity contribution in [3.05, 3.63) is 101 Å². The molecule has 1 unspecified atom stereocenters. The summed E-state index contributed by atoms with van der Waals surface area (Å²) in [5.74, 6) is 1.07. The Kier molecular flexibility index (Phi) is 5.63. The molecule has 0 radical (unpaired) electrons. The Morgan fingerprint density at radius 1 is 1.04 bits per heavy atom. The molecule has 0 N–H and O–H groups in total. The van der Waals surface area contributed by atoms with Gasteiger partial charge in [-0.05, 0) is 41.5 Å². The first-order chi connectivity index (χ1) is 13.7. The quantitative estimate of drug-likeness (QED) is 0.590. The van der Waals surface area contributed by atoms with E-state index >= 15 is 0 Å². The number of carbonyl (C=O) groups is 1. The second kappa shape index (κ2) is 8.48. The molecule has 1 atom stereocenters. The first-order valence-corrected chi connectivity index (χ1v) is 10.2. The second-order valence-electron chi connectivity index (χ2n) is 6.58. The number of hydrogen-bond acceptors (Lipinski definition) is 3. The standard InChI is InChI=1S/C23H20FNO2S/c24-20-10-4-8-18(14-20)22(26)25-12-13-28-23(25)19-9-5-11-21(15-19)27-16-17-6-2-1-3-7-17/h1-11,14-15,23H,12-13,16H2. The van der Waals surface area contributed by atoms with Gasteiger partial charge in [0.25, 0.3) is 5.91 Å². The summed E-state index contributed by atoms with van der Waals surface area (Å²) < 4.78 is 19.4. The molecule has 3 aromatic rings. The highest BCUT2D eigenvalue weighted by Gasteiger charge is 2.31. The molecule has 0 spiro atoms. The van der Waals surface area contributed by atoms with Crippen LogP contribution in [-0.4, -0.2) is 23.1 Å². The van der Waals surface area contributed by atoms with Crippen molar-refractivity contribution in [3.8, 4) is 5.75 Å². The van der Waals surface area contributed by atoms with E-state index in [1.54, 1.807) is 28.8 Å². The van der Waals surface area contributed by atoms with Crippen LogP contribution >= 0.6 is 11.8 Å². The van der Waals surface area contributed by atoms with E-state index < -0.39 is 5.82 Å². The predicted molar refractivity (Wildman–Crippen MR) is 110 cm³/mol. The Bertz CT molecular complexity index is 964. The van der Waals surface area contributed by atoms with Crippen LogP contribution in [0.25, 0.3) is 0 Å². The smallest absolute Gasteiger partial charge is 0.255 e. The predicted octanol–water partition coefficient (Wildman–Crippen LogP) is 5.29. The summed E-state index contributed by atoms with van der Waals surface area (Å²) in [7, 11) is 0. The van der Waals surface area contributed by atoms with Crippen molar-refractivity contribution in [2.75, 3.05) is 12.3 Å². The molecule has 4 rings (SSSR count). The van der Waals surface area contributed by atoms with Gasteiger partial charge in [0.15, 0.2) is 0 Å². The summed E-state index contributed by atoms with van der Waals surface area (Å²) in [4.78, 5) is 14.7. The minimum atomic E-state index is -0.398. The van der Waals surface area contributed by atoms with E-state index in [1.165, 1.54) is 12.1 Å². The second-order valence-corrected chi connectivity index (χ2v) is 7.77. The van der Waals surface area contributed by atoms with Gasteiger partial charge in [-0.1, -0.05) is 48.5 Å². The van der Waals surface area contributed by atoms with Crippen molar-refractivity contribution in [3.63, 3.8) is 0 Å². The van der Waals surface area contributed by atoms with Gasteiger partial charge in [-0.3, -0.25) is 4.79 Å². The average Bonchev–Trinajstić information content (AvgIpc) is 3.23. The first kappa shape index (κ1) is 18.6. The summed E-state index contributed by atoms with van der Waals surface area (Å²) >= 11 is 1.71. The summed E-state index contributed by atoms with van der Waals surface area (Å²) in [6.07, 6.45) is 0. The van der Waals surface area contributed by atoms with E-state index in [1.807, 2.05) is 54.6 Å².